The third-order valence-electron chi connectivity index (χ3n) is 5.49. The summed E-state index contributed by atoms with van der Waals surface area (Å²) in [7, 11) is 0. The number of amides is 1. The number of carbonyl (C=O) groups is 1. The standard InChI is InChI=1S/C22H27N3O2/c26-22(18-10-16-27-17-11-18)23-19-6-8-21(9-7-19)25-14-12-24(13-15-25)20-4-2-1-3-5-20/h1-9,18H,10-17H2,(H,23,26). The molecule has 0 atom stereocenters. The van der Waals surface area contributed by atoms with Crippen LogP contribution in [0, 0.1) is 5.92 Å². The Hall–Kier alpha value is -2.53. The first-order chi connectivity index (χ1) is 13.3. The second-order valence-electron chi connectivity index (χ2n) is 7.23. The molecule has 0 bridgehead atoms. The Kier molecular flexibility index (Phi) is 5.58. The summed E-state index contributed by atoms with van der Waals surface area (Å²) in [6.07, 6.45) is 1.63. The molecule has 1 amide bonds. The van der Waals surface area contributed by atoms with E-state index in [9.17, 15) is 4.79 Å². The van der Waals surface area contributed by atoms with Crippen LogP contribution in [0.1, 0.15) is 12.8 Å². The predicted octanol–water partition coefficient (Wildman–Crippen LogP) is 3.38. The van der Waals surface area contributed by atoms with Gasteiger partial charge in [-0.1, -0.05) is 18.2 Å². The zero-order valence-electron chi connectivity index (χ0n) is 15.6. The minimum atomic E-state index is 0.0736. The molecule has 2 aliphatic rings. The van der Waals surface area contributed by atoms with Crippen molar-refractivity contribution in [2.24, 2.45) is 5.92 Å². The maximum absolute atomic E-state index is 12.3. The first kappa shape index (κ1) is 17.9. The van der Waals surface area contributed by atoms with E-state index in [2.05, 4.69) is 57.6 Å². The van der Waals surface area contributed by atoms with Gasteiger partial charge in [-0.25, -0.2) is 0 Å². The van der Waals surface area contributed by atoms with Gasteiger partial charge in [0.1, 0.15) is 0 Å². The van der Waals surface area contributed by atoms with Crippen LogP contribution in [0.2, 0.25) is 0 Å². The number of anilines is 3. The van der Waals surface area contributed by atoms with Crippen LogP contribution in [0.15, 0.2) is 54.6 Å². The molecule has 5 nitrogen and oxygen atoms in total. The van der Waals surface area contributed by atoms with Crippen molar-refractivity contribution in [3.63, 3.8) is 0 Å². The molecule has 142 valence electrons. The van der Waals surface area contributed by atoms with E-state index in [1.54, 1.807) is 0 Å². The fraction of sp³-hybridized carbons (Fsp3) is 0.409. The van der Waals surface area contributed by atoms with Crippen molar-refractivity contribution in [3.8, 4) is 0 Å². The van der Waals surface area contributed by atoms with E-state index in [4.69, 9.17) is 4.74 Å². The molecule has 2 aromatic carbocycles. The van der Waals surface area contributed by atoms with E-state index in [-0.39, 0.29) is 11.8 Å². The van der Waals surface area contributed by atoms with Crippen LogP contribution in [-0.2, 0) is 9.53 Å². The molecule has 1 N–H and O–H groups in total. The molecule has 4 rings (SSSR count). The Morgan fingerprint density at radius 2 is 1.37 bits per heavy atom. The van der Waals surface area contributed by atoms with Gasteiger partial charge < -0.3 is 19.9 Å². The van der Waals surface area contributed by atoms with E-state index >= 15 is 0 Å². The number of nitrogens with one attached hydrogen (secondary N) is 1. The van der Waals surface area contributed by atoms with E-state index in [0.717, 1.165) is 44.7 Å². The fourth-order valence-corrected chi connectivity index (χ4v) is 3.82. The molecule has 2 saturated heterocycles. The summed E-state index contributed by atoms with van der Waals surface area (Å²) >= 11 is 0. The average Bonchev–Trinajstić information content (AvgIpc) is 2.76. The summed E-state index contributed by atoms with van der Waals surface area (Å²) in [5, 5.41) is 3.05. The maximum atomic E-state index is 12.3. The van der Waals surface area contributed by atoms with Crippen molar-refractivity contribution in [1.82, 2.24) is 0 Å². The highest BCUT2D eigenvalue weighted by Crippen LogP contribution is 2.23. The second kappa shape index (κ2) is 8.44. The van der Waals surface area contributed by atoms with Crippen LogP contribution in [0.25, 0.3) is 0 Å². The minimum absolute atomic E-state index is 0.0736. The zero-order chi connectivity index (χ0) is 18.5. The van der Waals surface area contributed by atoms with Crippen LogP contribution < -0.4 is 15.1 Å². The molecular formula is C22H27N3O2. The molecule has 0 unspecified atom stereocenters. The number of hydrogen-bond acceptors (Lipinski definition) is 4. The number of piperazine rings is 1. The highest BCUT2D eigenvalue weighted by molar-refractivity contribution is 5.92. The number of para-hydroxylation sites is 1. The number of carbonyl (C=O) groups excluding carboxylic acids is 1. The van der Waals surface area contributed by atoms with Gasteiger partial charge in [0.2, 0.25) is 5.91 Å². The molecule has 0 saturated carbocycles. The first-order valence-corrected chi connectivity index (χ1v) is 9.83. The number of nitrogens with zero attached hydrogens (tertiary/aromatic N) is 2. The molecule has 2 aromatic rings. The van der Waals surface area contributed by atoms with Gasteiger partial charge in [-0.15, -0.1) is 0 Å². The number of benzene rings is 2. The third kappa shape index (κ3) is 4.42. The smallest absolute Gasteiger partial charge is 0.227 e. The first-order valence-electron chi connectivity index (χ1n) is 9.83. The number of ether oxygens (including phenoxy) is 1. The lowest BCUT2D eigenvalue weighted by atomic mass is 9.99. The molecule has 0 spiro atoms. The summed E-state index contributed by atoms with van der Waals surface area (Å²) in [5.41, 5.74) is 3.38. The van der Waals surface area contributed by atoms with Gasteiger partial charge in [0.25, 0.3) is 0 Å². The van der Waals surface area contributed by atoms with Crippen LogP contribution >= 0.6 is 0 Å². The lowest BCUT2D eigenvalue weighted by Crippen LogP contribution is -2.46. The van der Waals surface area contributed by atoms with Crippen molar-refractivity contribution in [2.45, 2.75) is 12.8 Å². The summed E-state index contributed by atoms with van der Waals surface area (Å²) < 4.78 is 5.33. The average molecular weight is 365 g/mol. The monoisotopic (exact) mass is 365 g/mol. The van der Waals surface area contributed by atoms with Crippen molar-refractivity contribution in [2.75, 3.05) is 54.5 Å². The van der Waals surface area contributed by atoms with Crippen LogP contribution in [0.5, 0.6) is 0 Å². The lowest BCUT2D eigenvalue weighted by molar-refractivity contribution is -0.122. The van der Waals surface area contributed by atoms with Gasteiger partial charge in [0, 0.05) is 62.4 Å². The summed E-state index contributed by atoms with van der Waals surface area (Å²) in [6.45, 7) is 5.42. The van der Waals surface area contributed by atoms with Crippen LogP contribution in [0.3, 0.4) is 0 Å². The fourth-order valence-electron chi connectivity index (χ4n) is 3.82. The molecular weight excluding hydrogens is 338 g/mol. The Balaban J connectivity index is 1.31. The summed E-state index contributed by atoms with van der Waals surface area (Å²) in [5.74, 6) is 0.187. The van der Waals surface area contributed by atoms with Crippen LogP contribution in [0.4, 0.5) is 17.1 Å². The van der Waals surface area contributed by atoms with Gasteiger partial charge in [0.05, 0.1) is 0 Å². The SMILES string of the molecule is O=C(Nc1ccc(N2CCN(c3ccccc3)CC2)cc1)C1CCOCC1. The van der Waals surface area contributed by atoms with Crippen LogP contribution in [-0.4, -0.2) is 45.3 Å². The van der Waals surface area contributed by atoms with Crippen molar-refractivity contribution < 1.29 is 9.53 Å². The highest BCUT2D eigenvalue weighted by Gasteiger charge is 2.22. The lowest BCUT2D eigenvalue weighted by Gasteiger charge is -2.37. The quantitative estimate of drug-likeness (QED) is 0.902. The minimum Gasteiger partial charge on any atom is -0.381 e. The van der Waals surface area contributed by atoms with Gasteiger partial charge in [-0.2, -0.15) is 0 Å². The molecule has 27 heavy (non-hydrogen) atoms. The molecule has 5 heteroatoms. The van der Waals surface area contributed by atoms with Crippen molar-refractivity contribution in [3.05, 3.63) is 54.6 Å². The second-order valence-corrected chi connectivity index (χ2v) is 7.23. The van der Waals surface area contributed by atoms with Gasteiger partial charge >= 0.3 is 0 Å². The van der Waals surface area contributed by atoms with Gasteiger partial charge in [0.15, 0.2) is 0 Å². The summed E-state index contributed by atoms with van der Waals surface area (Å²) in [6, 6.07) is 18.8. The zero-order valence-corrected chi connectivity index (χ0v) is 15.6. The largest absolute Gasteiger partial charge is 0.381 e. The number of rotatable bonds is 4. The summed E-state index contributed by atoms with van der Waals surface area (Å²) in [4.78, 5) is 17.2. The predicted molar refractivity (Wildman–Crippen MR) is 109 cm³/mol. The van der Waals surface area contributed by atoms with E-state index in [1.165, 1.54) is 11.4 Å². The third-order valence-corrected chi connectivity index (χ3v) is 5.49. The van der Waals surface area contributed by atoms with Crippen molar-refractivity contribution >= 4 is 23.0 Å². The Bertz CT molecular complexity index is 734. The molecule has 2 heterocycles. The highest BCUT2D eigenvalue weighted by atomic mass is 16.5. The normalized spacial score (nSPS) is 18.4. The Morgan fingerprint density at radius 3 is 1.96 bits per heavy atom. The number of hydrogen-bond donors (Lipinski definition) is 1. The molecule has 2 aliphatic heterocycles. The Morgan fingerprint density at radius 1 is 0.815 bits per heavy atom. The van der Waals surface area contributed by atoms with E-state index < -0.39 is 0 Å². The van der Waals surface area contributed by atoms with Crippen molar-refractivity contribution in [1.29, 1.82) is 0 Å². The molecule has 0 aliphatic carbocycles. The topological polar surface area (TPSA) is 44.8 Å². The van der Waals surface area contributed by atoms with E-state index in [0.29, 0.717) is 13.2 Å². The van der Waals surface area contributed by atoms with Gasteiger partial charge in [-0.3, -0.25) is 4.79 Å². The molecule has 0 radical (unpaired) electrons. The van der Waals surface area contributed by atoms with E-state index in [1.807, 2.05) is 12.1 Å². The maximum Gasteiger partial charge on any atom is 0.227 e. The molecule has 0 aromatic heterocycles. The molecule has 2 fully saturated rings. The van der Waals surface area contributed by atoms with Gasteiger partial charge in [-0.05, 0) is 49.2 Å². The Labute approximate surface area is 160 Å².